The van der Waals surface area contributed by atoms with Gasteiger partial charge in [0.05, 0.1) is 18.2 Å². The van der Waals surface area contributed by atoms with E-state index in [1.165, 1.54) is 31.4 Å². The van der Waals surface area contributed by atoms with Gasteiger partial charge in [-0.15, -0.1) is 10.2 Å². The molecule has 1 unspecified atom stereocenters. The number of carboxylic acids is 1. The predicted molar refractivity (Wildman–Crippen MR) is 82.6 cm³/mol. The molecule has 2 aromatic carbocycles. The molecule has 0 aliphatic rings. The van der Waals surface area contributed by atoms with E-state index in [1.807, 2.05) is 0 Å². The number of methoxy groups -OCH3 is 1. The summed E-state index contributed by atoms with van der Waals surface area (Å²) < 4.78 is 25.2. The number of rotatable bonds is 5. The first kappa shape index (κ1) is 15.7. The van der Waals surface area contributed by atoms with Crippen LogP contribution in [-0.2, 0) is 0 Å². The van der Waals surface area contributed by atoms with E-state index in [2.05, 4.69) is 10.2 Å². The Morgan fingerprint density at radius 1 is 1.17 bits per heavy atom. The van der Waals surface area contributed by atoms with E-state index in [4.69, 9.17) is 14.3 Å². The number of halogens is 1. The SMILES string of the molecule is COc1ccccc1-c1nnc(C(F)c2ccc(C(=O)O)cc2)o1. The van der Waals surface area contributed by atoms with Crippen molar-refractivity contribution in [1.82, 2.24) is 10.2 Å². The van der Waals surface area contributed by atoms with Crippen molar-refractivity contribution < 1.29 is 23.4 Å². The van der Waals surface area contributed by atoms with Crippen molar-refractivity contribution in [3.63, 3.8) is 0 Å². The molecule has 3 rings (SSSR count). The molecule has 7 heteroatoms. The summed E-state index contributed by atoms with van der Waals surface area (Å²) in [6.07, 6.45) is -1.65. The van der Waals surface area contributed by atoms with Gasteiger partial charge in [0.2, 0.25) is 6.17 Å². The lowest BCUT2D eigenvalue weighted by Crippen LogP contribution is -1.99. The van der Waals surface area contributed by atoms with Gasteiger partial charge in [0.25, 0.3) is 11.8 Å². The molecule has 1 N–H and O–H groups in total. The molecule has 0 radical (unpaired) electrons. The largest absolute Gasteiger partial charge is 0.496 e. The molecule has 122 valence electrons. The maximum atomic E-state index is 14.5. The van der Waals surface area contributed by atoms with Crippen LogP contribution in [0.1, 0.15) is 28.0 Å². The normalized spacial score (nSPS) is 11.9. The van der Waals surface area contributed by atoms with Crippen molar-refractivity contribution in [3.05, 3.63) is 65.5 Å². The molecule has 0 spiro atoms. The summed E-state index contributed by atoms with van der Waals surface area (Å²) in [7, 11) is 1.51. The van der Waals surface area contributed by atoms with Crippen LogP contribution in [0.2, 0.25) is 0 Å². The highest BCUT2D eigenvalue weighted by Gasteiger charge is 2.22. The van der Waals surface area contributed by atoms with Crippen LogP contribution >= 0.6 is 0 Å². The van der Waals surface area contributed by atoms with Gasteiger partial charge in [-0.2, -0.15) is 0 Å². The average molecular weight is 328 g/mol. The molecule has 0 aliphatic carbocycles. The van der Waals surface area contributed by atoms with Crippen LogP contribution in [0.5, 0.6) is 5.75 Å². The first-order valence-corrected chi connectivity index (χ1v) is 7.04. The molecule has 1 atom stereocenters. The van der Waals surface area contributed by atoms with Gasteiger partial charge in [-0.05, 0) is 29.8 Å². The number of benzene rings is 2. The number of hydrogen-bond donors (Lipinski definition) is 1. The molecule has 0 fully saturated rings. The molecule has 1 aromatic heterocycles. The summed E-state index contributed by atoms with van der Waals surface area (Å²) in [5.74, 6) is -0.603. The highest BCUT2D eigenvalue weighted by molar-refractivity contribution is 5.87. The third-order valence-corrected chi connectivity index (χ3v) is 3.45. The van der Waals surface area contributed by atoms with Crippen molar-refractivity contribution >= 4 is 5.97 Å². The van der Waals surface area contributed by atoms with E-state index in [-0.39, 0.29) is 22.9 Å². The monoisotopic (exact) mass is 328 g/mol. The van der Waals surface area contributed by atoms with Crippen LogP contribution in [0.15, 0.2) is 52.9 Å². The molecule has 6 nitrogen and oxygen atoms in total. The van der Waals surface area contributed by atoms with Crippen LogP contribution < -0.4 is 4.74 Å². The van der Waals surface area contributed by atoms with Crippen molar-refractivity contribution in [2.24, 2.45) is 0 Å². The quantitative estimate of drug-likeness (QED) is 0.771. The Morgan fingerprint density at radius 2 is 1.88 bits per heavy atom. The summed E-state index contributed by atoms with van der Waals surface area (Å²) in [6, 6.07) is 12.4. The Kier molecular flexibility index (Phi) is 4.24. The van der Waals surface area contributed by atoms with E-state index in [1.54, 1.807) is 24.3 Å². The van der Waals surface area contributed by atoms with Crippen molar-refractivity contribution in [3.8, 4) is 17.2 Å². The maximum absolute atomic E-state index is 14.5. The average Bonchev–Trinajstić information content (AvgIpc) is 3.11. The predicted octanol–water partition coefficient (Wildman–Crippen LogP) is 3.50. The van der Waals surface area contributed by atoms with Gasteiger partial charge in [-0.3, -0.25) is 0 Å². The Morgan fingerprint density at radius 3 is 2.54 bits per heavy atom. The number of carbonyl (C=O) groups is 1. The first-order chi connectivity index (χ1) is 11.6. The molecule has 0 amide bonds. The van der Waals surface area contributed by atoms with Gasteiger partial charge < -0.3 is 14.3 Å². The second-order valence-corrected chi connectivity index (χ2v) is 4.94. The summed E-state index contributed by atoms with van der Waals surface area (Å²) in [4.78, 5) is 10.8. The molecule has 0 saturated heterocycles. The van der Waals surface area contributed by atoms with E-state index in [0.29, 0.717) is 11.3 Å². The highest BCUT2D eigenvalue weighted by Crippen LogP contribution is 2.32. The molecule has 3 aromatic rings. The Balaban J connectivity index is 1.88. The maximum Gasteiger partial charge on any atom is 0.335 e. The van der Waals surface area contributed by atoms with Gasteiger partial charge in [0.15, 0.2) is 0 Å². The first-order valence-electron chi connectivity index (χ1n) is 7.04. The number of aromatic nitrogens is 2. The third-order valence-electron chi connectivity index (χ3n) is 3.45. The summed E-state index contributed by atoms with van der Waals surface area (Å²) in [5.41, 5.74) is 0.869. The molecule has 1 heterocycles. The highest BCUT2D eigenvalue weighted by atomic mass is 19.1. The fourth-order valence-corrected chi connectivity index (χ4v) is 2.20. The van der Waals surface area contributed by atoms with Crippen molar-refractivity contribution in [2.75, 3.05) is 7.11 Å². The zero-order valence-corrected chi connectivity index (χ0v) is 12.6. The third kappa shape index (κ3) is 2.96. The molecule has 0 saturated carbocycles. The van der Waals surface area contributed by atoms with Crippen LogP contribution in [0.4, 0.5) is 4.39 Å². The second kappa shape index (κ2) is 6.49. The van der Waals surface area contributed by atoms with Crippen LogP contribution in [0.25, 0.3) is 11.5 Å². The van der Waals surface area contributed by atoms with E-state index in [0.717, 1.165) is 0 Å². The van der Waals surface area contributed by atoms with Crippen LogP contribution in [0.3, 0.4) is 0 Å². The Hall–Kier alpha value is -3.22. The van der Waals surface area contributed by atoms with Gasteiger partial charge in [0, 0.05) is 0 Å². The zero-order chi connectivity index (χ0) is 17.1. The molecular formula is C17H13FN2O4. The number of alkyl halides is 1. The Bertz CT molecular complexity index is 861. The second-order valence-electron chi connectivity index (χ2n) is 4.94. The lowest BCUT2D eigenvalue weighted by Gasteiger charge is -2.05. The zero-order valence-electron chi connectivity index (χ0n) is 12.6. The minimum absolute atomic E-state index is 0.0752. The lowest BCUT2D eigenvalue weighted by atomic mass is 10.1. The molecule has 24 heavy (non-hydrogen) atoms. The van der Waals surface area contributed by atoms with Gasteiger partial charge in [-0.25, -0.2) is 9.18 Å². The summed E-state index contributed by atoms with van der Waals surface area (Å²) in [5, 5.41) is 16.5. The van der Waals surface area contributed by atoms with Crippen LogP contribution in [0, 0.1) is 0 Å². The van der Waals surface area contributed by atoms with Crippen LogP contribution in [-0.4, -0.2) is 28.4 Å². The standard InChI is InChI=1S/C17H13FN2O4/c1-23-13-5-3-2-4-12(13)15-19-20-16(24-15)14(18)10-6-8-11(9-7-10)17(21)22/h2-9,14H,1H3,(H,21,22). The van der Waals surface area contributed by atoms with Crippen molar-refractivity contribution in [2.45, 2.75) is 6.17 Å². The number of nitrogens with zero attached hydrogens (tertiary/aromatic N) is 2. The van der Waals surface area contributed by atoms with Gasteiger partial charge >= 0.3 is 5.97 Å². The summed E-state index contributed by atoms with van der Waals surface area (Å²) in [6.45, 7) is 0. The van der Waals surface area contributed by atoms with Crippen molar-refractivity contribution in [1.29, 1.82) is 0 Å². The van der Waals surface area contributed by atoms with E-state index < -0.39 is 12.1 Å². The summed E-state index contributed by atoms with van der Waals surface area (Å²) >= 11 is 0. The van der Waals surface area contributed by atoms with Gasteiger partial charge in [-0.1, -0.05) is 24.3 Å². The molecule has 0 aliphatic heterocycles. The number of hydrogen-bond acceptors (Lipinski definition) is 5. The minimum Gasteiger partial charge on any atom is -0.496 e. The fraction of sp³-hybridized carbons (Fsp3) is 0.118. The number of carboxylic acid groups (broad SMARTS) is 1. The van der Waals surface area contributed by atoms with Gasteiger partial charge in [0.1, 0.15) is 5.75 Å². The van der Waals surface area contributed by atoms with E-state index in [9.17, 15) is 9.18 Å². The number of para-hydroxylation sites is 1. The topological polar surface area (TPSA) is 85.5 Å². The number of ether oxygens (including phenoxy) is 1. The fourth-order valence-electron chi connectivity index (χ4n) is 2.20. The minimum atomic E-state index is -1.65. The smallest absolute Gasteiger partial charge is 0.335 e. The number of aromatic carboxylic acids is 1. The Labute approximate surface area is 136 Å². The van der Waals surface area contributed by atoms with E-state index >= 15 is 0 Å². The lowest BCUT2D eigenvalue weighted by molar-refractivity contribution is 0.0697. The molecular weight excluding hydrogens is 315 g/mol. The molecule has 0 bridgehead atoms.